The number of fused-ring (bicyclic) bond motifs is 1. The molecule has 0 aromatic heterocycles. The molecule has 2 aromatic rings. The molecule has 3 nitrogen and oxygen atoms in total. The number of hydrogen-bond acceptors (Lipinski definition) is 3. The number of methoxy groups -OCH3 is 1. The van der Waals surface area contributed by atoms with Gasteiger partial charge in [-0.15, -0.1) is 0 Å². The molecule has 3 rings (SSSR count). The Morgan fingerprint density at radius 1 is 1.09 bits per heavy atom. The number of benzene rings is 2. The van der Waals surface area contributed by atoms with Crippen LogP contribution in [-0.4, -0.2) is 38.2 Å². The summed E-state index contributed by atoms with van der Waals surface area (Å²) in [7, 11) is 1.72. The number of piperazine rings is 1. The minimum absolute atomic E-state index is 0.545. The molecule has 1 saturated heterocycles. The van der Waals surface area contributed by atoms with Crippen molar-refractivity contribution in [3.63, 3.8) is 0 Å². The summed E-state index contributed by atoms with van der Waals surface area (Å²) >= 11 is 0. The topological polar surface area (TPSA) is 24.5 Å². The molecule has 0 radical (unpaired) electrons. The molecular formula is C20H28N2O. The Balaban J connectivity index is 1.89. The van der Waals surface area contributed by atoms with E-state index in [0.717, 1.165) is 31.9 Å². The third kappa shape index (κ3) is 3.85. The number of unbranched alkanes of at least 4 members (excludes halogenated alkanes) is 1. The molecule has 1 N–H and O–H groups in total. The molecule has 0 unspecified atom stereocenters. The van der Waals surface area contributed by atoms with Gasteiger partial charge in [0.2, 0.25) is 0 Å². The average Bonchev–Trinajstić information content (AvgIpc) is 2.62. The van der Waals surface area contributed by atoms with Gasteiger partial charge in [-0.3, -0.25) is 4.90 Å². The normalized spacial score (nSPS) is 17.3. The lowest BCUT2D eigenvalue weighted by atomic mass is 9.96. The summed E-state index contributed by atoms with van der Waals surface area (Å²) in [5.41, 5.74) is 1.46. The van der Waals surface area contributed by atoms with Gasteiger partial charge in [0, 0.05) is 32.2 Å². The van der Waals surface area contributed by atoms with E-state index in [9.17, 15) is 0 Å². The minimum Gasteiger partial charge on any atom is -0.497 e. The van der Waals surface area contributed by atoms with Crippen LogP contribution in [0.3, 0.4) is 0 Å². The second-order valence-electron chi connectivity index (χ2n) is 6.42. The van der Waals surface area contributed by atoms with E-state index in [1.807, 2.05) is 0 Å². The fourth-order valence-electron chi connectivity index (χ4n) is 3.53. The van der Waals surface area contributed by atoms with Crippen molar-refractivity contribution in [3.05, 3.63) is 42.0 Å². The summed E-state index contributed by atoms with van der Waals surface area (Å²) in [6, 6.07) is 13.8. The first kappa shape index (κ1) is 16.3. The lowest BCUT2D eigenvalue weighted by Gasteiger charge is -2.35. The maximum Gasteiger partial charge on any atom is 0.119 e. The van der Waals surface area contributed by atoms with Crippen LogP contribution in [0.4, 0.5) is 0 Å². The van der Waals surface area contributed by atoms with E-state index in [1.54, 1.807) is 7.11 Å². The van der Waals surface area contributed by atoms with Gasteiger partial charge in [-0.2, -0.15) is 0 Å². The molecule has 1 aliphatic heterocycles. The van der Waals surface area contributed by atoms with E-state index in [0.29, 0.717) is 6.04 Å². The summed E-state index contributed by atoms with van der Waals surface area (Å²) in [5, 5.41) is 6.02. The zero-order chi connectivity index (χ0) is 16.1. The Morgan fingerprint density at radius 3 is 2.57 bits per heavy atom. The van der Waals surface area contributed by atoms with Gasteiger partial charge in [-0.05, 0) is 41.0 Å². The number of nitrogens with one attached hydrogen (secondary N) is 1. The monoisotopic (exact) mass is 312 g/mol. The third-order valence-corrected chi connectivity index (χ3v) is 4.88. The summed E-state index contributed by atoms with van der Waals surface area (Å²) in [4.78, 5) is 2.65. The predicted molar refractivity (Wildman–Crippen MR) is 97.2 cm³/mol. The Labute approximate surface area is 139 Å². The number of rotatable bonds is 6. The Morgan fingerprint density at radius 2 is 1.83 bits per heavy atom. The van der Waals surface area contributed by atoms with Crippen molar-refractivity contribution in [3.8, 4) is 5.75 Å². The summed E-state index contributed by atoms with van der Waals surface area (Å²) in [5.74, 6) is 0.926. The van der Waals surface area contributed by atoms with Crippen molar-refractivity contribution in [2.24, 2.45) is 0 Å². The van der Waals surface area contributed by atoms with E-state index < -0.39 is 0 Å². The molecule has 0 bridgehead atoms. The highest BCUT2D eigenvalue weighted by atomic mass is 16.5. The first-order valence-corrected chi connectivity index (χ1v) is 8.84. The molecule has 0 aliphatic carbocycles. The van der Waals surface area contributed by atoms with E-state index in [1.165, 1.54) is 35.6 Å². The molecule has 3 heteroatoms. The molecule has 0 amide bonds. The maximum atomic E-state index is 5.33. The van der Waals surface area contributed by atoms with Crippen molar-refractivity contribution in [2.45, 2.75) is 32.2 Å². The van der Waals surface area contributed by atoms with Crippen molar-refractivity contribution in [2.75, 3.05) is 33.3 Å². The Kier molecular flexibility index (Phi) is 5.52. The Bertz CT molecular complexity index is 635. The SMILES string of the molecule is CCCC[C@@H](c1ccc2cc(OC)ccc2c1)N1CCNCC1. The van der Waals surface area contributed by atoms with Gasteiger partial charge in [0.05, 0.1) is 7.11 Å². The van der Waals surface area contributed by atoms with Crippen LogP contribution in [0.2, 0.25) is 0 Å². The molecule has 1 fully saturated rings. The van der Waals surface area contributed by atoms with Gasteiger partial charge in [0.15, 0.2) is 0 Å². The van der Waals surface area contributed by atoms with Crippen LogP contribution in [0.25, 0.3) is 10.8 Å². The second kappa shape index (κ2) is 7.80. The number of hydrogen-bond donors (Lipinski definition) is 1. The van der Waals surface area contributed by atoms with E-state index in [2.05, 4.69) is 53.5 Å². The van der Waals surface area contributed by atoms with Gasteiger partial charge < -0.3 is 10.1 Å². The average molecular weight is 312 g/mol. The van der Waals surface area contributed by atoms with Crippen LogP contribution in [-0.2, 0) is 0 Å². The van der Waals surface area contributed by atoms with Crippen molar-refractivity contribution < 1.29 is 4.74 Å². The van der Waals surface area contributed by atoms with Gasteiger partial charge >= 0.3 is 0 Å². The third-order valence-electron chi connectivity index (χ3n) is 4.88. The van der Waals surface area contributed by atoms with Gasteiger partial charge in [0.25, 0.3) is 0 Å². The molecule has 0 saturated carbocycles. The smallest absolute Gasteiger partial charge is 0.119 e. The fourth-order valence-corrected chi connectivity index (χ4v) is 3.53. The highest BCUT2D eigenvalue weighted by Gasteiger charge is 2.21. The summed E-state index contributed by atoms with van der Waals surface area (Å²) in [6.45, 7) is 6.78. The molecule has 0 spiro atoms. The van der Waals surface area contributed by atoms with Crippen LogP contribution < -0.4 is 10.1 Å². The molecule has 2 aromatic carbocycles. The zero-order valence-electron chi connectivity index (χ0n) is 14.3. The standard InChI is InChI=1S/C20H28N2O/c1-3-4-5-20(22-12-10-21-11-13-22)18-7-6-17-15-19(23-2)9-8-16(17)14-18/h6-9,14-15,20-21H,3-5,10-13H2,1-2H3/t20-/m0/s1. The molecular weight excluding hydrogens is 284 g/mol. The van der Waals surface area contributed by atoms with Crippen LogP contribution in [0, 0.1) is 0 Å². The number of nitrogens with zero attached hydrogens (tertiary/aromatic N) is 1. The van der Waals surface area contributed by atoms with Crippen molar-refractivity contribution in [1.82, 2.24) is 10.2 Å². The highest BCUT2D eigenvalue weighted by Crippen LogP contribution is 2.30. The van der Waals surface area contributed by atoms with Crippen molar-refractivity contribution >= 4 is 10.8 Å². The molecule has 1 heterocycles. The van der Waals surface area contributed by atoms with Crippen molar-refractivity contribution in [1.29, 1.82) is 0 Å². The van der Waals surface area contributed by atoms with E-state index in [4.69, 9.17) is 4.74 Å². The highest BCUT2D eigenvalue weighted by molar-refractivity contribution is 5.84. The Hall–Kier alpha value is -1.58. The van der Waals surface area contributed by atoms with Crippen LogP contribution in [0.1, 0.15) is 37.8 Å². The van der Waals surface area contributed by atoms with E-state index in [-0.39, 0.29) is 0 Å². The molecule has 1 atom stereocenters. The molecule has 23 heavy (non-hydrogen) atoms. The fraction of sp³-hybridized carbons (Fsp3) is 0.500. The first-order valence-electron chi connectivity index (χ1n) is 8.84. The largest absolute Gasteiger partial charge is 0.497 e. The van der Waals surface area contributed by atoms with Crippen LogP contribution >= 0.6 is 0 Å². The quantitative estimate of drug-likeness (QED) is 0.873. The molecule has 1 aliphatic rings. The predicted octanol–water partition coefficient (Wildman–Crippen LogP) is 3.98. The lowest BCUT2D eigenvalue weighted by molar-refractivity contribution is 0.163. The molecule has 124 valence electrons. The second-order valence-corrected chi connectivity index (χ2v) is 6.42. The van der Waals surface area contributed by atoms with Gasteiger partial charge in [-0.25, -0.2) is 0 Å². The summed E-state index contributed by atoms with van der Waals surface area (Å²) < 4.78 is 5.33. The lowest BCUT2D eigenvalue weighted by Crippen LogP contribution is -2.45. The van der Waals surface area contributed by atoms with Gasteiger partial charge in [-0.1, -0.05) is 38.0 Å². The zero-order valence-corrected chi connectivity index (χ0v) is 14.3. The van der Waals surface area contributed by atoms with Gasteiger partial charge in [0.1, 0.15) is 5.75 Å². The minimum atomic E-state index is 0.545. The summed E-state index contributed by atoms with van der Waals surface area (Å²) in [6.07, 6.45) is 3.79. The van der Waals surface area contributed by atoms with Crippen LogP contribution in [0.5, 0.6) is 5.75 Å². The van der Waals surface area contributed by atoms with E-state index >= 15 is 0 Å². The van der Waals surface area contributed by atoms with Crippen LogP contribution in [0.15, 0.2) is 36.4 Å². The maximum absolute atomic E-state index is 5.33. The first-order chi connectivity index (χ1) is 11.3. The number of ether oxygens (including phenoxy) is 1.